The highest BCUT2D eigenvalue weighted by molar-refractivity contribution is 7.89. The van der Waals surface area contributed by atoms with E-state index in [-0.39, 0.29) is 28.8 Å². The minimum atomic E-state index is -3.47. The molecule has 7 nitrogen and oxygen atoms in total. The van der Waals surface area contributed by atoms with Gasteiger partial charge in [0, 0.05) is 20.3 Å². The molecule has 0 N–H and O–H groups in total. The minimum absolute atomic E-state index is 0.0157. The van der Waals surface area contributed by atoms with Crippen LogP contribution in [0.5, 0.6) is 5.75 Å². The third kappa shape index (κ3) is 4.91. The van der Waals surface area contributed by atoms with Crippen molar-refractivity contribution in [2.24, 2.45) is 0 Å². The standard InChI is InChI=1S/C16H17ClN2O5S/c1-19(2)25(21,22)13-7-5-12(6-8-13)23-10-11-24-16(20)14-4-3-9-18-15(14)17/h3-9H,10-11H2,1-2H3. The van der Waals surface area contributed by atoms with Crippen molar-refractivity contribution in [1.82, 2.24) is 9.29 Å². The van der Waals surface area contributed by atoms with Crippen molar-refractivity contribution in [3.63, 3.8) is 0 Å². The molecular weight excluding hydrogens is 368 g/mol. The largest absolute Gasteiger partial charge is 0.490 e. The van der Waals surface area contributed by atoms with Crippen LogP contribution in [0.25, 0.3) is 0 Å². The van der Waals surface area contributed by atoms with E-state index < -0.39 is 16.0 Å². The first-order valence-electron chi connectivity index (χ1n) is 7.25. The van der Waals surface area contributed by atoms with Crippen LogP contribution in [-0.4, -0.2) is 51.0 Å². The van der Waals surface area contributed by atoms with Crippen LogP contribution in [0.1, 0.15) is 10.4 Å². The van der Waals surface area contributed by atoms with Gasteiger partial charge in [-0.05, 0) is 36.4 Å². The molecule has 2 aromatic rings. The molecule has 0 atom stereocenters. The molecule has 2 rings (SSSR count). The number of hydrogen-bond donors (Lipinski definition) is 0. The molecule has 1 aromatic heterocycles. The molecule has 0 amide bonds. The lowest BCUT2D eigenvalue weighted by Crippen LogP contribution is -2.22. The lowest BCUT2D eigenvalue weighted by atomic mass is 10.3. The van der Waals surface area contributed by atoms with Gasteiger partial charge >= 0.3 is 5.97 Å². The summed E-state index contributed by atoms with van der Waals surface area (Å²) in [4.78, 5) is 15.8. The van der Waals surface area contributed by atoms with E-state index in [1.54, 1.807) is 6.07 Å². The topological polar surface area (TPSA) is 85.8 Å². The molecule has 0 bridgehead atoms. The fourth-order valence-corrected chi connectivity index (χ4v) is 2.93. The highest BCUT2D eigenvalue weighted by Crippen LogP contribution is 2.18. The maximum absolute atomic E-state index is 12.0. The number of nitrogens with zero attached hydrogens (tertiary/aromatic N) is 2. The second kappa shape index (κ2) is 8.28. The molecule has 134 valence electrons. The molecule has 25 heavy (non-hydrogen) atoms. The van der Waals surface area contributed by atoms with Crippen LogP contribution < -0.4 is 4.74 Å². The Kier molecular flexibility index (Phi) is 6.35. The van der Waals surface area contributed by atoms with Gasteiger partial charge < -0.3 is 9.47 Å². The van der Waals surface area contributed by atoms with Crippen LogP contribution in [0.3, 0.4) is 0 Å². The SMILES string of the molecule is CN(C)S(=O)(=O)c1ccc(OCCOC(=O)c2cccnc2Cl)cc1. The van der Waals surface area contributed by atoms with Crippen molar-refractivity contribution in [2.45, 2.75) is 4.90 Å². The number of carbonyl (C=O) groups is 1. The zero-order chi connectivity index (χ0) is 18.4. The van der Waals surface area contributed by atoms with Gasteiger partial charge in [-0.15, -0.1) is 0 Å². The van der Waals surface area contributed by atoms with E-state index >= 15 is 0 Å². The van der Waals surface area contributed by atoms with Gasteiger partial charge in [-0.25, -0.2) is 22.5 Å². The predicted molar refractivity (Wildman–Crippen MR) is 92.3 cm³/mol. The average molecular weight is 385 g/mol. The quantitative estimate of drug-likeness (QED) is 0.413. The van der Waals surface area contributed by atoms with Gasteiger partial charge in [0.15, 0.2) is 0 Å². The molecule has 0 spiro atoms. The molecule has 0 radical (unpaired) electrons. The Labute approximate surface area is 151 Å². The van der Waals surface area contributed by atoms with Crippen molar-refractivity contribution in [3.8, 4) is 5.75 Å². The summed E-state index contributed by atoms with van der Waals surface area (Å²) in [6.07, 6.45) is 1.47. The zero-order valence-corrected chi connectivity index (χ0v) is 15.2. The number of pyridine rings is 1. The van der Waals surface area contributed by atoms with Crippen LogP contribution >= 0.6 is 11.6 Å². The summed E-state index contributed by atoms with van der Waals surface area (Å²) in [6.45, 7) is 0.130. The molecule has 0 saturated heterocycles. The van der Waals surface area contributed by atoms with E-state index in [4.69, 9.17) is 21.1 Å². The van der Waals surface area contributed by atoms with Gasteiger partial charge in [0.2, 0.25) is 10.0 Å². The Morgan fingerprint density at radius 2 is 1.84 bits per heavy atom. The summed E-state index contributed by atoms with van der Waals surface area (Å²) in [6, 6.07) is 9.08. The second-order valence-corrected chi connectivity index (χ2v) is 7.59. The summed E-state index contributed by atoms with van der Waals surface area (Å²) in [5, 5.41) is 0.0751. The number of sulfonamides is 1. The van der Waals surface area contributed by atoms with Crippen LogP contribution in [0.2, 0.25) is 5.15 Å². The van der Waals surface area contributed by atoms with Crippen molar-refractivity contribution in [1.29, 1.82) is 0 Å². The highest BCUT2D eigenvalue weighted by Gasteiger charge is 2.16. The molecule has 1 aromatic carbocycles. The number of carbonyl (C=O) groups excluding carboxylic acids is 1. The number of hydrogen-bond acceptors (Lipinski definition) is 6. The average Bonchev–Trinajstić information content (AvgIpc) is 2.59. The summed E-state index contributed by atoms with van der Waals surface area (Å²) in [7, 11) is -0.553. The summed E-state index contributed by atoms with van der Waals surface area (Å²) in [5.74, 6) is -0.123. The van der Waals surface area contributed by atoms with Crippen molar-refractivity contribution < 1.29 is 22.7 Å². The normalized spacial score (nSPS) is 11.4. The molecule has 0 aliphatic heterocycles. The van der Waals surface area contributed by atoms with Gasteiger partial charge in [-0.2, -0.15) is 0 Å². The van der Waals surface area contributed by atoms with E-state index in [1.165, 1.54) is 50.6 Å². The minimum Gasteiger partial charge on any atom is -0.490 e. The first kappa shape index (κ1) is 19.2. The Hall–Kier alpha value is -2.16. The molecule has 1 heterocycles. The molecule has 0 aliphatic rings. The van der Waals surface area contributed by atoms with Gasteiger partial charge in [0.1, 0.15) is 24.1 Å². The monoisotopic (exact) mass is 384 g/mol. The smallest absolute Gasteiger partial charge is 0.341 e. The van der Waals surface area contributed by atoms with E-state index in [9.17, 15) is 13.2 Å². The maximum atomic E-state index is 12.0. The van der Waals surface area contributed by atoms with Crippen molar-refractivity contribution in [3.05, 3.63) is 53.3 Å². The van der Waals surface area contributed by atoms with Crippen molar-refractivity contribution >= 4 is 27.6 Å². The van der Waals surface area contributed by atoms with Crippen LogP contribution in [0, 0.1) is 0 Å². The molecule has 0 fully saturated rings. The molecule has 0 unspecified atom stereocenters. The third-order valence-corrected chi connectivity index (χ3v) is 5.30. The number of rotatable bonds is 7. The van der Waals surface area contributed by atoms with Crippen LogP contribution in [0.4, 0.5) is 0 Å². The fraction of sp³-hybridized carbons (Fsp3) is 0.250. The lowest BCUT2D eigenvalue weighted by Gasteiger charge is -2.12. The van der Waals surface area contributed by atoms with Gasteiger partial charge in [-0.3, -0.25) is 0 Å². The molecule has 0 aliphatic carbocycles. The second-order valence-electron chi connectivity index (χ2n) is 5.08. The van der Waals surface area contributed by atoms with E-state index in [2.05, 4.69) is 4.98 Å². The van der Waals surface area contributed by atoms with E-state index in [0.29, 0.717) is 5.75 Å². The van der Waals surface area contributed by atoms with Crippen LogP contribution in [-0.2, 0) is 14.8 Å². The molecule has 0 saturated carbocycles. The Balaban J connectivity index is 1.85. The fourth-order valence-electron chi connectivity index (χ4n) is 1.83. The lowest BCUT2D eigenvalue weighted by molar-refractivity contribution is 0.0450. The summed E-state index contributed by atoms with van der Waals surface area (Å²) in [5.41, 5.74) is 0.183. The Bertz CT molecular complexity index is 838. The van der Waals surface area contributed by atoms with Crippen molar-refractivity contribution in [2.75, 3.05) is 27.3 Å². The van der Waals surface area contributed by atoms with Gasteiger partial charge in [0.05, 0.1) is 10.5 Å². The summed E-state index contributed by atoms with van der Waals surface area (Å²) >= 11 is 5.81. The van der Waals surface area contributed by atoms with Gasteiger partial charge in [0.25, 0.3) is 0 Å². The summed E-state index contributed by atoms with van der Waals surface area (Å²) < 4.78 is 35.5. The zero-order valence-electron chi connectivity index (χ0n) is 13.7. The first-order chi connectivity index (χ1) is 11.8. The number of esters is 1. The van der Waals surface area contributed by atoms with E-state index in [1.807, 2.05) is 0 Å². The number of halogens is 1. The van der Waals surface area contributed by atoms with Crippen LogP contribution in [0.15, 0.2) is 47.5 Å². The van der Waals surface area contributed by atoms with Gasteiger partial charge in [-0.1, -0.05) is 11.6 Å². The first-order valence-corrected chi connectivity index (χ1v) is 9.07. The highest BCUT2D eigenvalue weighted by atomic mass is 35.5. The maximum Gasteiger partial charge on any atom is 0.341 e. The Morgan fingerprint density at radius 3 is 2.44 bits per heavy atom. The third-order valence-electron chi connectivity index (χ3n) is 3.17. The Morgan fingerprint density at radius 1 is 1.16 bits per heavy atom. The predicted octanol–water partition coefficient (Wildman–Crippen LogP) is 2.22. The number of ether oxygens (including phenoxy) is 2. The van der Waals surface area contributed by atoms with E-state index in [0.717, 1.165) is 4.31 Å². The number of benzene rings is 1. The molecule has 9 heteroatoms. The number of aromatic nitrogens is 1. The molecular formula is C16H17ClN2O5S.